The highest BCUT2D eigenvalue weighted by molar-refractivity contribution is 5.98. The fraction of sp³-hybridized carbons (Fsp3) is 0.462. The van der Waals surface area contributed by atoms with Crippen LogP contribution in [0.2, 0.25) is 0 Å². The highest BCUT2D eigenvalue weighted by Gasteiger charge is 2.37. The smallest absolute Gasteiger partial charge is 0.196 e. The van der Waals surface area contributed by atoms with Gasteiger partial charge in [0.1, 0.15) is 0 Å². The van der Waals surface area contributed by atoms with E-state index in [1.54, 1.807) is 0 Å². The van der Waals surface area contributed by atoms with Gasteiger partial charge in [0.15, 0.2) is 5.96 Å². The predicted molar refractivity (Wildman–Crippen MR) is 68.8 cm³/mol. The summed E-state index contributed by atoms with van der Waals surface area (Å²) in [6, 6.07) is 8.31. The molecule has 86 valence electrons. The molecule has 1 aliphatic heterocycles. The number of hydrogen-bond donors (Lipinski definition) is 1. The Morgan fingerprint density at radius 1 is 1.44 bits per heavy atom. The van der Waals surface area contributed by atoms with E-state index in [2.05, 4.69) is 42.8 Å². The minimum absolute atomic E-state index is 0.0240. The number of para-hydroxylation sites is 1. The van der Waals surface area contributed by atoms with Crippen LogP contribution >= 0.6 is 0 Å². The Labute approximate surface area is 97.0 Å². The molecule has 0 radical (unpaired) electrons. The molecule has 1 unspecified atom stereocenters. The zero-order chi connectivity index (χ0) is 11.8. The van der Waals surface area contributed by atoms with E-state index in [4.69, 9.17) is 5.73 Å². The average Bonchev–Trinajstić information content (AvgIpc) is 2.57. The van der Waals surface area contributed by atoms with Gasteiger partial charge in [-0.15, -0.1) is 0 Å². The lowest BCUT2D eigenvalue weighted by Crippen LogP contribution is -2.49. The second kappa shape index (κ2) is 3.81. The van der Waals surface area contributed by atoms with Gasteiger partial charge in [0.05, 0.1) is 12.1 Å². The molecule has 0 spiro atoms. The first-order valence-corrected chi connectivity index (χ1v) is 5.74. The number of benzene rings is 1. The molecule has 1 heterocycles. The zero-order valence-electron chi connectivity index (χ0n) is 10.2. The van der Waals surface area contributed by atoms with E-state index >= 15 is 0 Å². The molecule has 3 nitrogen and oxygen atoms in total. The number of guanidine groups is 1. The van der Waals surface area contributed by atoms with Crippen LogP contribution in [0.25, 0.3) is 0 Å². The Hall–Kier alpha value is -1.51. The minimum atomic E-state index is 0.0240. The molecule has 0 saturated carbocycles. The molecule has 0 amide bonds. The number of rotatable bonds is 2. The molecule has 0 aromatic heterocycles. The van der Waals surface area contributed by atoms with Gasteiger partial charge >= 0.3 is 0 Å². The topological polar surface area (TPSA) is 41.6 Å². The summed E-state index contributed by atoms with van der Waals surface area (Å²) in [4.78, 5) is 6.55. The quantitative estimate of drug-likeness (QED) is 0.826. The fourth-order valence-electron chi connectivity index (χ4n) is 2.17. The van der Waals surface area contributed by atoms with Crippen molar-refractivity contribution in [3.8, 4) is 0 Å². The normalized spacial score (nSPS) is 24.7. The van der Waals surface area contributed by atoms with E-state index in [9.17, 15) is 0 Å². The van der Waals surface area contributed by atoms with E-state index in [1.165, 1.54) is 11.3 Å². The summed E-state index contributed by atoms with van der Waals surface area (Å²) in [7, 11) is 0. The molecule has 2 N–H and O–H groups in total. The molecule has 1 aliphatic rings. The van der Waals surface area contributed by atoms with E-state index in [0.717, 1.165) is 13.0 Å². The lowest BCUT2D eigenvalue weighted by Gasteiger charge is -2.36. The first-order valence-electron chi connectivity index (χ1n) is 5.74. The Morgan fingerprint density at radius 2 is 2.12 bits per heavy atom. The highest BCUT2D eigenvalue weighted by atomic mass is 15.4. The molecule has 3 heteroatoms. The SMILES string of the molecule is CCC1(C)CN=C(N)N1c1ccccc1C. The first kappa shape index (κ1) is 11.0. The van der Waals surface area contributed by atoms with E-state index < -0.39 is 0 Å². The number of aliphatic imine (C=N–C) groups is 1. The largest absolute Gasteiger partial charge is 0.369 e. The number of nitrogens with two attached hydrogens (primary N) is 1. The summed E-state index contributed by atoms with van der Waals surface area (Å²) in [5.74, 6) is 0.638. The summed E-state index contributed by atoms with van der Waals surface area (Å²) in [6.07, 6.45) is 1.03. The standard InChI is InChI=1S/C13H19N3/c1-4-13(3)9-15-12(14)16(13)11-8-6-5-7-10(11)2/h5-8H,4,9H2,1-3H3,(H2,14,15). The van der Waals surface area contributed by atoms with Crippen LogP contribution in [-0.2, 0) is 0 Å². The first-order chi connectivity index (χ1) is 7.58. The van der Waals surface area contributed by atoms with Crippen LogP contribution in [0, 0.1) is 6.92 Å². The monoisotopic (exact) mass is 217 g/mol. The van der Waals surface area contributed by atoms with E-state index in [1.807, 2.05) is 12.1 Å². The van der Waals surface area contributed by atoms with Crippen molar-refractivity contribution in [2.24, 2.45) is 10.7 Å². The Kier molecular flexibility index (Phi) is 2.62. The number of nitrogens with zero attached hydrogens (tertiary/aromatic N) is 2. The second-order valence-corrected chi connectivity index (χ2v) is 4.65. The number of aryl methyl sites for hydroxylation is 1. The van der Waals surface area contributed by atoms with Gasteiger partial charge in [-0.1, -0.05) is 25.1 Å². The lowest BCUT2D eigenvalue weighted by atomic mass is 9.96. The summed E-state index contributed by atoms with van der Waals surface area (Å²) >= 11 is 0. The van der Waals surface area contributed by atoms with Crippen LogP contribution in [0.15, 0.2) is 29.3 Å². The summed E-state index contributed by atoms with van der Waals surface area (Å²) in [5, 5.41) is 0. The molecule has 16 heavy (non-hydrogen) atoms. The molecule has 0 aliphatic carbocycles. The third kappa shape index (κ3) is 1.56. The van der Waals surface area contributed by atoms with Crippen molar-refractivity contribution in [3.63, 3.8) is 0 Å². The summed E-state index contributed by atoms with van der Waals surface area (Å²) < 4.78 is 0. The molecule has 0 saturated heterocycles. The predicted octanol–water partition coefficient (Wildman–Crippen LogP) is 2.30. The third-order valence-electron chi connectivity index (χ3n) is 3.47. The van der Waals surface area contributed by atoms with Gasteiger partial charge in [0.2, 0.25) is 0 Å². The van der Waals surface area contributed by atoms with Crippen molar-refractivity contribution in [2.45, 2.75) is 32.7 Å². The Morgan fingerprint density at radius 3 is 2.75 bits per heavy atom. The lowest BCUT2D eigenvalue weighted by molar-refractivity contribution is 0.485. The van der Waals surface area contributed by atoms with Gasteiger partial charge in [-0.25, -0.2) is 0 Å². The molecule has 0 fully saturated rings. The molecule has 1 atom stereocenters. The maximum absolute atomic E-state index is 6.01. The van der Waals surface area contributed by atoms with Crippen LogP contribution in [0.4, 0.5) is 5.69 Å². The van der Waals surface area contributed by atoms with Crippen LogP contribution in [0.5, 0.6) is 0 Å². The summed E-state index contributed by atoms with van der Waals surface area (Å²) in [5.41, 5.74) is 8.44. The van der Waals surface area contributed by atoms with Crippen molar-refractivity contribution in [1.82, 2.24) is 0 Å². The second-order valence-electron chi connectivity index (χ2n) is 4.65. The van der Waals surface area contributed by atoms with Gasteiger partial charge in [-0.3, -0.25) is 4.99 Å². The van der Waals surface area contributed by atoms with E-state index in [-0.39, 0.29) is 5.54 Å². The van der Waals surface area contributed by atoms with Crippen molar-refractivity contribution < 1.29 is 0 Å². The fourth-order valence-corrected chi connectivity index (χ4v) is 2.17. The average molecular weight is 217 g/mol. The van der Waals surface area contributed by atoms with Gasteiger partial charge < -0.3 is 10.6 Å². The maximum atomic E-state index is 6.01. The maximum Gasteiger partial charge on any atom is 0.196 e. The molecular formula is C13H19N3. The van der Waals surface area contributed by atoms with Crippen LogP contribution in [0.3, 0.4) is 0 Å². The minimum Gasteiger partial charge on any atom is -0.369 e. The molecule has 2 rings (SSSR count). The Bertz CT molecular complexity index is 425. The van der Waals surface area contributed by atoms with Crippen molar-refractivity contribution >= 4 is 11.6 Å². The molecule has 1 aromatic rings. The van der Waals surface area contributed by atoms with Crippen molar-refractivity contribution in [3.05, 3.63) is 29.8 Å². The Balaban J connectivity index is 2.46. The summed E-state index contributed by atoms with van der Waals surface area (Å²) in [6.45, 7) is 7.28. The van der Waals surface area contributed by atoms with E-state index in [0.29, 0.717) is 5.96 Å². The molecule has 0 bridgehead atoms. The van der Waals surface area contributed by atoms with Crippen LogP contribution in [0.1, 0.15) is 25.8 Å². The highest BCUT2D eigenvalue weighted by Crippen LogP contribution is 2.32. The van der Waals surface area contributed by atoms with Crippen LogP contribution < -0.4 is 10.6 Å². The molecule has 1 aromatic carbocycles. The van der Waals surface area contributed by atoms with Gasteiger partial charge in [0.25, 0.3) is 0 Å². The van der Waals surface area contributed by atoms with Crippen LogP contribution in [-0.4, -0.2) is 18.0 Å². The zero-order valence-corrected chi connectivity index (χ0v) is 10.2. The third-order valence-corrected chi connectivity index (χ3v) is 3.47. The van der Waals surface area contributed by atoms with Gasteiger partial charge in [-0.05, 0) is 31.9 Å². The van der Waals surface area contributed by atoms with Gasteiger partial charge in [0, 0.05) is 5.69 Å². The molecular weight excluding hydrogens is 198 g/mol. The van der Waals surface area contributed by atoms with Gasteiger partial charge in [-0.2, -0.15) is 0 Å². The number of hydrogen-bond acceptors (Lipinski definition) is 3. The van der Waals surface area contributed by atoms with Crippen molar-refractivity contribution in [2.75, 3.05) is 11.4 Å². The number of anilines is 1. The van der Waals surface area contributed by atoms with Crippen molar-refractivity contribution in [1.29, 1.82) is 0 Å².